The molecule has 0 radical (unpaired) electrons. The molecule has 2 aromatic carbocycles. The van der Waals surface area contributed by atoms with Gasteiger partial charge in [0.05, 0.1) is 41.5 Å². The molecule has 2 aliphatic heterocycles. The molecule has 6 nitrogen and oxygen atoms in total. The van der Waals surface area contributed by atoms with Crippen molar-refractivity contribution in [3.8, 4) is 22.5 Å². The van der Waals surface area contributed by atoms with Gasteiger partial charge >= 0.3 is 0 Å². The molecule has 2 N–H and O–H groups in total. The molecule has 4 aromatic rings. The predicted octanol–water partition coefficient (Wildman–Crippen LogP) is 5.35. The van der Waals surface area contributed by atoms with Crippen LogP contribution in [-0.2, 0) is 4.74 Å². The van der Waals surface area contributed by atoms with E-state index in [4.69, 9.17) is 21.3 Å². The second-order valence-electron chi connectivity index (χ2n) is 9.51. The highest BCUT2D eigenvalue weighted by Gasteiger charge is 2.28. The quantitative estimate of drug-likeness (QED) is 0.394. The van der Waals surface area contributed by atoms with Gasteiger partial charge in [0.1, 0.15) is 11.6 Å². The van der Waals surface area contributed by atoms with E-state index in [2.05, 4.69) is 20.2 Å². The molecule has 0 saturated carbocycles. The van der Waals surface area contributed by atoms with Crippen LogP contribution in [0.2, 0.25) is 5.02 Å². The standard InChI is InChI=1S/C27H27ClFN5O/c1-16-8-17(10-19(29)9-16)22-12-30-13-23(27-32-24-3-2-18(28)11-25(24)33-27)26(22)34-6-4-20(5-7-34)31-21-14-35-15-21/h2-3,8-13,20-21,31H,4-7,14-15H2,1H3,(H,32,33). The average Bonchev–Trinajstić information content (AvgIpc) is 3.24. The number of rotatable bonds is 5. The van der Waals surface area contributed by atoms with Gasteiger partial charge in [0, 0.05) is 42.1 Å². The van der Waals surface area contributed by atoms with Crippen LogP contribution in [0.4, 0.5) is 10.1 Å². The Morgan fingerprint density at radius 1 is 1.06 bits per heavy atom. The molecule has 4 heterocycles. The van der Waals surface area contributed by atoms with Gasteiger partial charge in [0.15, 0.2) is 0 Å². The minimum Gasteiger partial charge on any atom is -0.378 e. The number of fused-ring (bicyclic) bond motifs is 1. The van der Waals surface area contributed by atoms with Gasteiger partial charge in [-0.05, 0) is 61.2 Å². The minimum absolute atomic E-state index is 0.250. The van der Waals surface area contributed by atoms with Crippen LogP contribution < -0.4 is 10.2 Å². The van der Waals surface area contributed by atoms with Crippen molar-refractivity contribution in [3.63, 3.8) is 0 Å². The molecule has 180 valence electrons. The van der Waals surface area contributed by atoms with Crippen LogP contribution in [0.25, 0.3) is 33.5 Å². The highest BCUT2D eigenvalue weighted by molar-refractivity contribution is 6.31. The van der Waals surface area contributed by atoms with Gasteiger partial charge in [0.2, 0.25) is 0 Å². The van der Waals surface area contributed by atoms with Crippen LogP contribution in [-0.4, -0.2) is 53.3 Å². The van der Waals surface area contributed by atoms with Gasteiger partial charge < -0.3 is 19.9 Å². The lowest BCUT2D eigenvalue weighted by Crippen LogP contribution is -2.53. The molecule has 0 aliphatic carbocycles. The first-order valence-corrected chi connectivity index (χ1v) is 12.4. The zero-order valence-corrected chi connectivity index (χ0v) is 20.3. The van der Waals surface area contributed by atoms with Crippen LogP contribution >= 0.6 is 11.6 Å². The van der Waals surface area contributed by atoms with Gasteiger partial charge in [0.25, 0.3) is 0 Å². The lowest BCUT2D eigenvalue weighted by molar-refractivity contribution is -0.0111. The molecule has 0 unspecified atom stereocenters. The molecular formula is C27H27ClFN5O. The van der Waals surface area contributed by atoms with Gasteiger partial charge in [-0.1, -0.05) is 17.7 Å². The molecule has 8 heteroatoms. The number of imidazole rings is 1. The summed E-state index contributed by atoms with van der Waals surface area (Å²) in [4.78, 5) is 15.2. The predicted molar refractivity (Wildman–Crippen MR) is 137 cm³/mol. The Morgan fingerprint density at radius 2 is 1.86 bits per heavy atom. The molecule has 0 bridgehead atoms. The SMILES string of the molecule is Cc1cc(F)cc(-c2cncc(-c3nc4cc(Cl)ccc4[nH]3)c2N2CCC(NC3COC3)CC2)c1. The van der Waals surface area contributed by atoms with Crippen LogP contribution in [0, 0.1) is 12.7 Å². The maximum Gasteiger partial charge on any atom is 0.142 e. The summed E-state index contributed by atoms with van der Waals surface area (Å²) in [7, 11) is 0. The summed E-state index contributed by atoms with van der Waals surface area (Å²) in [5.41, 5.74) is 6.24. The van der Waals surface area contributed by atoms with E-state index in [1.54, 1.807) is 12.1 Å². The smallest absolute Gasteiger partial charge is 0.142 e. The Morgan fingerprint density at radius 3 is 2.60 bits per heavy atom. The molecule has 35 heavy (non-hydrogen) atoms. The minimum atomic E-state index is -0.250. The van der Waals surface area contributed by atoms with Crippen LogP contribution in [0.15, 0.2) is 48.8 Å². The molecule has 2 saturated heterocycles. The highest BCUT2D eigenvalue weighted by Crippen LogP contribution is 2.40. The van der Waals surface area contributed by atoms with Crippen molar-refractivity contribution in [2.75, 3.05) is 31.2 Å². The van der Waals surface area contributed by atoms with E-state index >= 15 is 0 Å². The fourth-order valence-corrected chi connectivity index (χ4v) is 5.28. The number of H-pyrrole nitrogens is 1. The second-order valence-corrected chi connectivity index (χ2v) is 9.95. The number of ether oxygens (including phenoxy) is 1. The third-order valence-electron chi connectivity index (χ3n) is 6.89. The van der Waals surface area contributed by atoms with Crippen molar-refractivity contribution in [2.24, 2.45) is 0 Å². The van der Waals surface area contributed by atoms with Crippen molar-refractivity contribution in [3.05, 3.63) is 65.2 Å². The first-order chi connectivity index (χ1) is 17.0. The molecule has 2 aliphatic rings. The van der Waals surface area contributed by atoms with Crippen LogP contribution in [0.1, 0.15) is 18.4 Å². The number of aryl methyl sites for hydroxylation is 1. The fraction of sp³-hybridized carbons (Fsp3) is 0.333. The number of aromatic amines is 1. The summed E-state index contributed by atoms with van der Waals surface area (Å²) in [5.74, 6) is 0.479. The topological polar surface area (TPSA) is 66.1 Å². The first kappa shape index (κ1) is 22.5. The summed E-state index contributed by atoms with van der Waals surface area (Å²) in [6, 6.07) is 11.7. The number of aromatic nitrogens is 3. The van der Waals surface area contributed by atoms with Gasteiger partial charge in [-0.15, -0.1) is 0 Å². The maximum absolute atomic E-state index is 14.4. The third-order valence-corrected chi connectivity index (χ3v) is 7.13. The van der Waals surface area contributed by atoms with Gasteiger partial charge in [-0.25, -0.2) is 9.37 Å². The van der Waals surface area contributed by atoms with E-state index in [0.29, 0.717) is 17.1 Å². The fourth-order valence-electron chi connectivity index (χ4n) is 5.11. The Bertz CT molecular complexity index is 1360. The normalized spacial score (nSPS) is 17.2. The van der Waals surface area contributed by atoms with E-state index in [9.17, 15) is 4.39 Å². The third kappa shape index (κ3) is 4.51. The lowest BCUT2D eigenvalue weighted by atomic mass is 9.97. The Balaban J connectivity index is 1.42. The Hall–Kier alpha value is -3.00. The molecular weight excluding hydrogens is 465 g/mol. The van der Waals surface area contributed by atoms with Gasteiger partial charge in [-0.2, -0.15) is 0 Å². The zero-order valence-electron chi connectivity index (χ0n) is 19.5. The highest BCUT2D eigenvalue weighted by atomic mass is 35.5. The largest absolute Gasteiger partial charge is 0.378 e. The van der Waals surface area contributed by atoms with Crippen LogP contribution in [0.3, 0.4) is 0 Å². The molecule has 0 atom stereocenters. The number of pyridine rings is 1. The maximum atomic E-state index is 14.4. The lowest BCUT2D eigenvalue weighted by Gasteiger charge is -2.39. The number of nitrogens with one attached hydrogen (secondary N) is 2. The summed E-state index contributed by atoms with van der Waals surface area (Å²) >= 11 is 6.20. The molecule has 6 rings (SSSR count). The zero-order chi connectivity index (χ0) is 23.9. The van der Waals surface area contributed by atoms with E-state index < -0.39 is 0 Å². The summed E-state index contributed by atoms with van der Waals surface area (Å²) in [6.07, 6.45) is 5.73. The summed E-state index contributed by atoms with van der Waals surface area (Å²) in [6.45, 7) is 5.28. The number of halogens is 2. The number of hydrogen-bond donors (Lipinski definition) is 2. The van der Waals surface area contributed by atoms with Crippen molar-refractivity contribution < 1.29 is 9.13 Å². The second kappa shape index (κ2) is 9.22. The van der Waals surface area contributed by atoms with Crippen molar-refractivity contribution in [2.45, 2.75) is 31.8 Å². The molecule has 0 spiro atoms. The molecule has 0 amide bonds. The van der Waals surface area contributed by atoms with E-state index in [-0.39, 0.29) is 5.82 Å². The molecule has 2 aromatic heterocycles. The van der Waals surface area contributed by atoms with Crippen molar-refractivity contribution >= 4 is 28.3 Å². The first-order valence-electron chi connectivity index (χ1n) is 12.0. The monoisotopic (exact) mass is 491 g/mol. The van der Waals surface area contributed by atoms with Crippen molar-refractivity contribution in [1.29, 1.82) is 0 Å². The van der Waals surface area contributed by atoms with Gasteiger partial charge in [-0.3, -0.25) is 4.98 Å². The van der Waals surface area contributed by atoms with Crippen LogP contribution in [0.5, 0.6) is 0 Å². The Kier molecular flexibility index (Phi) is 5.92. The average molecular weight is 492 g/mol. The Labute approximate surface area is 208 Å². The summed E-state index contributed by atoms with van der Waals surface area (Å²) < 4.78 is 19.7. The number of benzene rings is 2. The molecule has 2 fully saturated rings. The van der Waals surface area contributed by atoms with E-state index in [0.717, 1.165) is 83.9 Å². The number of hydrogen-bond acceptors (Lipinski definition) is 5. The van der Waals surface area contributed by atoms with E-state index in [1.165, 1.54) is 0 Å². The number of nitrogens with zero attached hydrogens (tertiary/aromatic N) is 3. The summed E-state index contributed by atoms with van der Waals surface area (Å²) in [5, 5.41) is 4.36. The number of piperidine rings is 1. The van der Waals surface area contributed by atoms with Crippen molar-refractivity contribution in [1.82, 2.24) is 20.3 Å². The number of anilines is 1. The van der Waals surface area contributed by atoms with E-state index in [1.807, 2.05) is 43.6 Å².